The van der Waals surface area contributed by atoms with Crippen molar-refractivity contribution >= 4 is 0 Å². The standard InChI is InChI=1S/C30H56N2/c1-4-7-9-11-13-15-17-19-21-23-25-28-27-29(32-30(6-3)31-28)26-24-22-20-18-16-14-12-10-8-5-2/h27H,4-26H2,1-3H3. The second kappa shape index (κ2) is 21.9. The quantitative estimate of drug-likeness (QED) is 0.157. The van der Waals surface area contributed by atoms with Crippen LogP contribution in [0.15, 0.2) is 6.07 Å². The van der Waals surface area contributed by atoms with Crippen molar-refractivity contribution in [3.8, 4) is 0 Å². The van der Waals surface area contributed by atoms with E-state index in [4.69, 9.17) is 9.97 Å². The van der Waals surface area contributed by atoms with Crippen LogP contribution in [-0.2, 0) is 19.3 Å². The lowest BCUT2D eigenvalue weighted by molar-refractivity contribution is 0.553. The molecule has 1 rings (SSSR count). The minimum Gasteiger partial charge on any atom is -0.238 e. The largest absolute Gasteiger partial charge is 0.238 e. The Morgan fingerprint density at radius 2 is 0.750 bits per heavy atom. The molecule has 2 heteroatoms. The Bertz CT molecular complexity index is 483. The molecule has 0 N–H and O–H groups in total. The highest BCUT2D eigenvalue weighted by molar-refractivity contribution is 5.12. The molecule has 0 amide bonds. The minimum absolute atomic E-state index is 0.955. The summed E-state index contributed by atoms with van der Waals surface area (Å²) in [7, 11) is 0. The summed E-state index contributed by atoms with van der Waals surface area (Å²) in [5.41, 5.74) is 2.58. The van der Waals surface area contributed by atoms with Gasteiger partial charge in [-0.3, -0.25) is 0 Å². The van der Waals surface area contributed by atoms with Crippen LogP contribution in [0.2, 0.25) is 0 Å². The van der Waals surface area contributed by atoms with Gasteiger partial charge in [0.2, 0.25) is 0 Å². The molecule has 186 valence electrons. The highest BCUT2D eigenvalue weighted by atomic mass is 14.9. The van der Waals surface area contributed by atoms with Crippen LogP contribution in [0.1, 0.15) is 166 Å². The highest BCUT2D eigenvalue weighted by Crippen LogP contribution is 2.15. The van der Waals surface area contributed by atoms with Crippen LogP contribution in [0.3, 0.4) is 0 Å². The molecule has 0 aliphatic carbocycles. The third-order valence-electron chi connectivity index (χ3n) is 6.77. The van der Waals surface area contributed by atoms with Crippen molar-refractivity contribution in [1.29, 1.82) is 0 Å². The van der Waals surface area contributed by atoms with Crippen molar-refractivity contribution < 1.29 is 0 Å². The molecule has 0 aliphatic heterocycles. The van der Waals surface area contributed by atoms with Gasteiger partial charge in [0.25, 0.3) is 0 Å². The van der Waals surface area contributed by atoms with E-state index in [0.717, 1.165) is 25.1 Å². The van der Waals surface area contributed by atoms with Gasteiger partial charge in [0.15, 0.2) is 0 Å². The van der Waals surface area contributed by atoms with Crippen molar-refractivity contribution in [3.05, 3.63) is 23.3 Å². The summed E-state index contributed by atoms with van der Waals surface area (Å²) in [6.45, 7) is 6.77. The average molecular weight is 445 g/mol. The molecule has 0 radical (unpaired) electrons. The van der Waals surface area contributed by atoms with Crippen LogP contribution in [-0.4, -0.2) is 9.97 Å². The van der Waals surface area contributed by atoms with Gasteiger partial charge in [-0.1, -0.05) is 136 Å². The van der Waals surface area contributed by atoms with Crippen LogP contribution in [0.4, 0.5) is 0 Å². The molecule has 1 heterocycles. The average Bonchev–Trinajstić information content (AvgIpc) is 2.81. The molecule has 0 atom stereocenters. The zero-order valence-electron chi connectivity index (χ0n) is 22.2. The van der Waals surface area contributed by atoms with E-state index in [-0.39, 0.29) is 0 Å². The van der Waals surface area contributed by atoms with Gasteiger partial charge in [-0.15, -0.1) is 0 Å². The summed E-state index contributed by atoms with van der Waals surface area (Å²) in [5, 5.41) is 0. The number of unbranched alkanes of at least 4 members (excludes halogenated alkanes) is 18. The van der Waals surface area contributed by atoms with Crippen LogP contribution >= 0.6 is 0 Å². The predicted octanol–water partition coefficient (Wildman–Crippen LogP) is 9.97. The molecular weight excluding hydrogens is 388 g/mol. The lowest BCUT2D eigenvalue weighted by Gasteiger charge is -2.08. The van der Waals surface area contributed by atoms with Gasteiger partial charge in [0, 0.05) is 17.8 Å². The number of hydrogen-bond donors (Lipinski definition) is 0. The van der Waals surface area contributed by atoms with E-state index in [1.165, 1.54) is 140 Å². The Balaban J connectivity index is 2.13. The van der Waals surface area contributed by atoms with Crippen molar-refractivity contribution in [3.63, 3.8) is 0 Å². The topological polar surface area (TPSA) is 25.8 Å². The molecule has 0 aliphatic rings. The predicted molar refractivity (Wildman–Crippen MR) is 143 cm³/mol. The van der Waals surface area contributed by atoms with E-state index in [2.05, 4.69) is 26.8 Å². The fourth-order valence-electron chi connectivity index (χ4n) is 4.61. The van der Waals surface area contributed by atoms with Gasteiger partial charge in [0.05, 0.1) is 0 Å². The number of nitrogens with zero attached hydrogens (tertiary/aromatic N) is 2. The van der Waals surface area contributed by atoms with E-state index in [9.17, 15) is 0 Å². The van der Waals surface area contributed by atoms with E-state index in [0.29, 0.717) is 0 Å². The van der Waals surface area contributed by atoms with E-state index >= 15 is 0 Å². The molecule has 0 saturated carbocycles. The summed E-state index contributed by atoms with van der Waals surface area (Å²) < 4.78 is 0. The summed E-state index contributed by atoms with van der Waals surface area (Å²) >= 11 is 0. The first-order valence-electron chi connectivity index (χ1n) is 14.7. The number of aromatic nitrogens is 2. The molecule has 1 aromatic heterocycles. The Kier molecular flexibility index (Phi) is 19.9. The molecule has 32 heavy (non-hydrogen) atoms. The molecule has 0 spiro atoms. The Labute approximate surface area is 201 Å². The highest BCUT2D eigenvalue weighted by Gasteiger charge is 2.05. The lowest BCUT2D eigenvalue weighted by atomic mass is 10.0. The van der Waals surface area contributed by atoms with Gasteiger partial charge in [-0.05, 0) is 31.7 Å². The van der Waals surface area contributed by atoms with Crippen molar-refractivity contribution in [2.75, 3.05) is 0 Å². The van der Waals surface area contributed by atoms with Gasteiger partial charge in [-0.2, -0.15) is 0 Å². The summed E-state index contributed by atoms with van der Waals surface area (Å²) in [4.78, 5) is 9.63. The van der Waals surface area contributed by atoms with Crippen LogP contribution in [0.25, 0.3) is 0 Å². The zero-order chi connectivity index (χ0) is 23.1. The first-order chi connectivity index (χ1) is 15.8. The number of aryl methyl sites for hydroxylation is 3. The van der Waals surface area contributed by atoms with Gasteiger partial charge in [-0.25, -0.2) is 9.97 Å². The third-order valence-corrected chi connectivity index (χ3v) is 6.77. The Morgan fingerprint density at radius 1 is 0.438 bits per heavy atom. The normalized spacial score (nSPS) is 11.3. The second-order valence-electron chi connectivity index (χ2n) is 9.98. The van der Waals surface area contributed by atoms with Gasteiger partial charge >= 0.3 is 0 Å². The van der Waals surface area contributed by atoms with Crippen LogP contribution in [0, 0.1) is 0 Å². The summed E-state index contributed by atoms with van der Waals surface area (Å²) in [6, 6.07) is 2.31. The Morgan fingerprint density at radius 3 is 1.06 bits per heavy atom. The maximum Gasteiger partial charge on any atom is 0.128 e. The van der Waals surface area contributed by atoms with Gasteiger partial charge < -0.3 is 0 Å². The first-order valence-corrected chi connectivity index (χ1v) is 14.7. The van der Waals surface area contributed by atoms with Gasteiger partial charge in [0.1, 0.15) is 5.82 Å². The maximum absolute atomic E-state index is 4.82. The fraction of sp³-hybridized carbons (Fsp3) is 0.867. The van der Waals surface area contributed by atoms with Crippen molar-refractivity contribution in [2.24, 2.45) is 0 Å². The molecule has 0 fully saturated rings. The fourth-order valence-corrected chi connectivity index (χ4v) is 4.61. The maximum atomic E-state index is 4.82. The third kappa shape index (κ3) is 16.7. The Hall–Kier alpha value is -0.920. The monoisotopic (exact) mass is 444 g/mol. The zero-order valence-corrected chi connectivity index (χ0v) is 22.2. The van der Waals surface area contributed by atoms with Crippen LogP contribution in [0.5, 0.6) is 0 Å². The molecule has 0 saturated heterocycles. The van der Waals surface area contributed by atoms with E-state index < -0.39 is 0 Å². The summed E-state index contributed by atoms with van der Waals surface area (Å²) in [6.07, 6.45) is 31.2. The smallest absolute Gasteiger partial charge is 0.128 e. The molecular formula is C30H56N2. The first kappa shape index (κ1) is 29.1. The lowest BCUT2D eigenvalue weighted by Crippen LogP contribution is -2.03. The molecule has 0 unspecified atom stereocenters. The molecule has 0 aromatic carbocycles. The molecule has 2 nitrogen and oxygen atoms in total. The number of rotatable bonds is 23. The summed E-state index contributed by atoms with van der Waals surface area (Å²) in [5.74, 6) is 1.05. The van der Waals surface area contributed by atoms with Crippen LogP contribution < -0.4 is 0 Å². The van der Waals surface area contributed by atoms with E-state index in [1.54, 1.807) is 0 Å². The SMILES string of the molecule is CCCCCCCCCCCCc1cc(CCCCCCCCCCCC)nc(CC)n1. The van der Waals surface area contributed by atoms with Crippen molar-refractivity contribution in [2.45, 2.75) is 168 Å². The molecule has 0 bridgehead atoms. The minimum atomic E-state index is 0.955. The second-order valence-corrected chi connectivity index (χ2v) is 9.98. The molecule has 1 aromatic rings. The van der Waals surface area contributed by atoms with Crippen molar-refractivity contribution in [1.82, 2.24) is 9.97 Å². The number of hydrogen-bond acceptors (Lipinski definition) is 2. The van der Waals surface area contributed by atoms with E-state index in [1.807, 2.05) is 0 Å².